The fourth-order valence-corrected chi connectivity index (χ4v) is 3.75. The molecule has 1 atom stereocenters. The van der Waals surface area contributed by atoms with E-state index in [0.717, 1.165) is 36.6 Å². The van der Waals surface area contributed by atoms with Crippen LogP contribution in [-0.2, 0) is 0 Å². The number of anilines is 1. The first-order valence-electron chi connectivity index (χ1n) is 7.33. The third kappa shape index (κ3) is 3.26. The summed E-state index contributed by atoms with van der Waals surface area (Å²) in [5.74, 6) is 0. The third-order valence-electron chi connectivity index (χ3n) is 4.08. The van der Waals surface area contributed by atoms with Crippen LogP contribution in [0.15, 0.2) is 29.6 Å². The number of likely N-dealkylation sites (N-methyl/N-ethyl adjacent to an activating group) is 2. The number of hydrogen-bond donors (Lipinski definition) is 1. The highest BCUT2D eigenvalue weighted by Gasteiger charge is 2.24. The zero-order chi connectivity index (χ0) is 14.8. The summed E-state index contributed by atoms with van der Waals surface area (Å²) in [5, 5.41) is 3.36. The molecule has 1 aromatic carbocycles. The molecule has 0 saturated carbocycles. The Bertz CT molecular complexity index is 593. The van der Waals surface area contributed by atoms with Gasteiger partial charge in [-0.1, -0.05) is 12.1 Å². The molecule has 1 unspecified atom stereocenters. The van der Waals surface area contributed by atoms with E-state index in [4.69, 9.17) is 10.7 Å². The molecule has 0 bridgehead atoms. The Morgan fingerprint density at radius 3 is 2.71 bits per heavy atom. The summed E-state index contributed by atoms with van der Waals surface area (Å²) >= 11 is 1.76. The minimum atomic E-state index is 0.394. The number of thiazole rings is 1. The average molecular weight is 302 g/mol. The summed E-state index contributed by atoms with van der Waals surface area (Å²) in [6.07, 6.45) is 1.22. The van der Waals surface area contributed by atoms with Gasteiger partial charge < -0.3 is 10.6 Å². The molecule has 1 aliphatic heterocycles. The molecule has 112 valence electrons. The maximum atomic E-state index is 5.75. The van der Waals surface area contributed by atoms with Gasteiger partial charge in [-0.15, -0.1) is 11.3 Å². The molecule has 1 aromatic heterocycles. The Balaban J connectivity index is 1.84. The SMILES string of the molecule is CN1CCCN(C)C(c2nc(-c3ccc(N)cc3)cs2)C1. The minimum absolute atomic E-state index is 0.394. The number of rotatable bonds is 2. The van der Waals surface area contributed by atoms with Gasteiger partial charge >= 0.3 is 0 Å². The van der Waals surface area contributed by atoms with Crippen molar-refractivity contribution in [3.63, 3.8) is 0 Å². The second-order valence-electron chi connectivity index (χ2n) is 5.81. The molecule has 21 heavy (non-hydrogen) atoms. The van der Waals surface area contributed by atoms with Gasteiger partial charge in [0.05, 0.1) is 11.7 Å². The Labute approximate surface area is 130 Å². The molecular formula is C16H22N4S. The summed E-state index contributed by atoms with van der Waals surface area (Å²) in [6, 6.07) is 8.33. The van der Waals surface area contributed by atoms with E-state index >= 15 is 0 Å². The molecular weight excluding hydrogens is 280 g/mol. The lowest BCUT2D eigenvalue weighted by Crippen LogP contribution is -2.30. The van der Waals surface area contributed by atoms with E-state index in [1.807, 2.05) is 24.3 Å². The van der Waals surface area contributed by atoms with Crippen molar-refractivity contribution in [2.24, 2.45) is 0 Å². The van der Waals surface area contributed by atoms with Gasteiger partial charge in [0.2, 0.25) is 0 Å². The summed E-state index contributed by atoms with van der Waals surface area (Å²) in [4.78, 5) is 9.70. The number of nitrogens with two attached hydrogens (primary N) is 1. The third-order valence-corrected chi connectivity index (χ3v) is 5.03. The van der Waals surface area contributed by atoms with Crippen molar-refractivity contribution in [1.82, 2.24) is 14.8 Å². The molecule has 1 aliphatic rings. The maximum absolute atomic E-state index is 5.75. The van der Waals surface area contributed by atoms with Crippen LogP contribution in [0.4, 0.5) is 5.69 Å². The van der Waals surface area contributed by atoms with Crippen LogP contribution in [0, 0.1) is 0 Å². The maximum Gasteiger partial charge on any atom is 0.112 e. The van der Waals surface area contributed by atoms with Crippen LogP contribution < -0.4 is 5.73 Å². The Morgan fingerprint density at radius 1 is 1.19 bits per heavy atom. The summed E-state index contributed by atoms with van der Waals surface area (Å²) in [5.41, 5.74) is 8.73. The van der Waals surface area contributed by atoms with E-state index < -0.39 is 0 Å². The first kappa shape index (κ1) is 14.5. The standard InChI is InChI=1S/C16H22N4S/c1-19-8-3-9-20(2)15(10-19)16-18-14(11-21-16)12-4-6-13(17)7-5-12/h4-7,11,15H,3,8-10,17H2,1-2H3. The van der Waals surface area contributed by atoms with Crippen molar-refractivity contribution in [2.45, 2.75) is 12.5 Å². The number of aromatic nitrogens is 1. The van der Waals surface area contributed by atoms with Crippen LogP contribution in [0.1, 0.15) is 17.5 Å². The number of benzene rings is 1. The molecule has 2 aromatic rings. The smallest absolute Gasteiger partial charge is 0.112 e. The van der Waals surface area contributed by atoms with Gasteiger partial charge in [0.25, 0.3) is 0 Å². The largest absolute Gasteiger partial charge is 0.399 e. The van der Waals surface area contributed by atoms with Crippen LogP contribution in [0.25, 0.3) is 11.3 Å². The van der Waals surface area contributed by atoms with Crippen LogP contribution in [-0.4, -0.2) is 48.5 Å². The Morgan fingerprint density at radius 2 is 1.95 bits per heavy atom. The molecule has 3 rings (SSSR count). The predicted octanol–water partition coefficient (Wildman–Crippen LogP) is 2.70. The highest BCUT2D eigenvalue weighted by Crippen LogP contribution is 2.30. The van der Waals surface area contributed by atoms with E-state index in [0.29, 0.717) is 6.04 Å². The van der Waals surface area contributed by atoms with Gasteiger partial charge in [-0.05, 0) is 45.7 Å². The van der Waals surface area contributed by atoms with Crippen LogP contribution in [0.5, 0.6) is 0 Å². The van der Waals surface area contributed by atoms with Crippen LogP contribution in [0.2, 0.25) is 0 Å². The normalized spacial score (nSPS) is 21.3. The number of nitrogens with zero attached hydrogens (tertiary/aromatic N) is 3. The molecule has 0 spiro atoms. The monoisotopic (exact) mass is 302 g/mol. The second-order valence-corrected chi connectivity index (χ2v) is 6.69. The topological polar surface area (TPSA) is 45.4 Å². The van der Waals surface area contributed by atoms with Gasteiger partial charge in [0, 0.05) is 23.2 Å². The van der Waals surface area contributed by atoms with E-state index in [1.165, 1.54) is 11.4 Å². The van der Waals surface area contributed by atoms with Gasteiger partial charge in [0.15, 0.2) is 0 Å². The lowest BCUT2D eigenvalue weighted by molar-refractivity contribution is 0.228. The first-order valence-corrected chi connectivity index (χ1v) is 8.21. The van der Waals surface area contributed by atoms with E-state index in [-0.39, 0.29) is 0 Å². The molecule has 2 heterocycles. The molecule has 1 saturated heterocycles. The van der Waals surface area contributed by atoms with Gasteiger partial charge in [0.1, 0.15) is 5.01 Å². The zero-order valence-corrected chi connectivity index (χ0v) is 13.4. The Hall–Kier alpha value is -1.43. The van der Waals surface area contributed by atoms with Crippen molar-refractivity contribution in [3.05, 3.63) is 34.7 Å². The van der Waals surface area contributed by atoms with E-state index in [1.54, 1.807) is 11.3 Å². The fourth-order valence-electron chi connectivity index (χ4n) is 2.77. The fraction of sp³-hybridized carbons (Fsp3) is 0.438. The Kier molecular flexibility index (Phi) is 4.24. The zero-order valence-electron chi connectivity index (χ0n) is 12.6. The predicted molar refractivity (Wildman–Crippen MR) is 89.4 cm³/mol. The molecule has 4 nitrogen and oxygen atoms in total. The van der Waals surface area contributed by atoms with Crippen molar-refractivity contribution in [1.29, 1.82) is 0 Å². The number of nitrogen functional groups attached to an aromatic ring is 1. The molecule has 0 radical (unpaired) electrons. The average Bonchev–Trinajstić information content (AvgIpc) is 2.88. The molecule has 5 heteroatoms. The summed E-state index contributed by atoms with van der Waals surface area (Å²) < 4.78 is 0. The van der Waals surface area contributed by atoms with Crippen molar-refractivity contribution < 1.29 is 0 Å². The highest BCUT2D eigenvalue weighted by atomic mass is 32.1. The van der Waals surface area contributed by atoms with Crippen LogP contribution in [0.3, 0.4) is 0 Å². The van der Waals surface area contributed by atoms with E-state index in [9.17, 15) is 0 Å². The minimum Gasteiger partial charge on any atom is -0.399 e. The molecule has 1 fully saturated rings. The van der Waals surface area contributed by atoms with Gasteiger partial charge in [-0.25, -0.2) is 4.98 Å². The summed E-state index contributed by atoms with van der Waals surface area (Å²) in [7, 11) is 4.40. The second kappa shape index (κ2) is 6.13. The van der Waals surface area contributed by atoms with Crippen molar-refractivity contribution in [3.8, 4) is 11.3 Å². The number of hydrogen-bond acceptors (Lipinski definition) is 5. The van der Waals surface area contributed by atoms with Crippen molar-refractivity contribution in [2.75, 3.05) is 39.5 Å². The molecule has 0 amide bonds. The lowest BCUT2D eigenvalue weighted by Gasteiger charge is -2.25. The molecule has 0 aliphatic carbocycles. The van der Waals surface area contributed by atoms with Crippen LogP contribution >= 0.6 is 11.3 Å². The van der Waals surface area contributed by atoms with Crippen molar-refractivity contribution >= 4 is 17.0 Å². The van der Waals surface area contributed by atoms with E-state index in [2.05, 4.69) is 29.3 Å². The molecule has 2 N–H and O–H groups in total. The quantitative estimate of drug-likeness (QED) is 0.866. The summed E-state index contributed by atoms with van der Waals surface area (Å²) in [6.45, 7) is 3.34. The van der Waals surface area contributed by atoms with Gasteiger partial charge in [-0.2, -0.15) is 0 Å². The van der Waals surface area contributed by atoms with Gasteiger partial charge in [-0.3, -0.25) is 4.90 Å². The first-order chi connectivity index (χ1) is 10.1. The highest BCUT2D eigenvalue weighted by molar-refractivity contribution is 7.10. The lowest BCUT2D eigenvalue weighted by atomic mass is 10.1.